The summed E-state index contributed by atoms with van der Waals surface area (Å²) in [5.41, 5.74) is 6.64. The van der Waals surface area contributed by atoms with Gasteiger partial charge in [-0.15, -0.1) is 0 Å². The van der Waals surface area contributed by atoms with Crippen molar-refractivity contribution in [2.75, 3.05) is 0 Å². The number of nitrogens with two attached hydrogens (primary N) is 1. The number of hydrogen-bond donors (Lipinski definition) is 2. The zero-order valence-electron chi connectivity index (χ0n) is 11.8. The predicted octanol–water partition coefficient (Wildman–Crippen LogP) is 3.48. The van der Waals surface area contributed by atoms with E-state index < -0.39 is 17.8 Å². The van der Waals surface area contributed by atoms with E-state index in [0.29, 0.717) is 23.3 Å². The molecule has 0 bridgehead atoms. The number of halogens is 3. The molecule has 7 heteroatoms. The first-order chi connectivity index (χ1) is 10.9. The standard InChI is InChI=1S/C16H13F3N2O2/c17-16(18,19)12-4-5-13-11(7-12)8-14(23-13)9-2-1-3-10(6-9)15(20)21-22/h1-7,14,22H,8H2,(H2,20,21). The molecule has 1 aliphatic rings. The number of amidine groups is 1. The van der Waals surface area contributed by atoms with E-state index in [2.05, 4.69) is 5.16 Å². The molecule has 0 radical (unpaired) electrons. The van der Waals surface area contributed by atoms with E-state index in [-0.39, 0.29) is 5.84 Å². The van der Waals surface area contributed by atoms with Crippen LogP contribution < -0.4 is 10.5 Å². The van der Waals surface area contributed by atoms with Crippen molar-refractivity contribution in [2.24, 2.45) is 10.9 Å². The van der Waals surface area contributed by atoms with Crippen molar-refractivity contribution in [1.29, 1.82) is 0 Å². The molecule has 3 rings (SSSR count). The summed E-state index contributed by atoms with van der Waals surface area (Å²) < 4.78 is 44.0. The molecule has 1 atom stereocenters. The van der Waals surface area contributed by atoms with Crippen LogP contribution in [0.4, 0.5) is 13.2 Å². The van der Waals surface area contributed by atoms with E-state index in [4.69, 9.17) is 15.7 Å². The van der Waals surface area contributed by atoms with Crippen molar-refractivity contribution in [1.82, 2.24) is 0 Å². The normalized spacial score (nSPS) is 17.7. The first-order valence-electron chi connectivity index (χ1n) is 6.83. The van der Waals surface area contributed by atoms with Crippen molar-refractivity contribution in [2.45, 2.75) is 18.7 Å². The van der Waals surface area contributed by atoms with Gasteiger partial charge in [0.1, 0.15) is 11.9 Å². The molecule has 4 nitrogen and oxygen atoms in total. The number of hydrogen-bond acceptors (Lipinski definition) is 3. The lowest BCUT2D eigenvalue weighted by atomic mass is 10.0. The van der Waals surface area contributed by atoms with Gasteiger partial charge in [0.15, 0.2) is 5.84 Å². The molecule has 23 heavy (non-hydrogen) atoms. The molecule has 120 valence electrons. The maximum absolute atomic E-state index is 12.8. The Bertz CT molecular complexity index is 772. The SMILES string of the molecule is N/C(=N\O)c1cccc(C2Cc3cc(C(F)(F)F)ccc3O2)c1. The highest BCUT2D eigenvalue weighted by atomic mass is 19.4. The van der Waals surface area contributed by atoms with Gasteiger partial charge in [-0.3, -0.25) is 0 Å². The third kappa shape index (κ3) is 2.94. The summed E-state index contributed by atoms with van der Waals surface area (Å²) >= 11 is 0. The Hall–Kier alpha value is -2.70. The van der Waals surface area contributed by atoms with Crippen molar-refractivity contribution in [3.8, 4) is 5.75 Å². The summed E-state index contributed by atoms with van der Waals surface area (Å²) in [6.45, 7) is 0. The minimum Gasteiger partial charge on any atom is -0.485 e. The number of nitrogens with zero attached hydrogens (tertiary/aromatic N) is 1. The Balaban J connectivity index is 1.88. The Labute approximate surface area is 130 Å². The zero-order chi connectivity index (χ0) is 16.6. The topological polar surface area (TPSA) is 67.8 Å². The molecular formula is C16H13F3N2O2. The van der Waals surface area contributed by atoms with Crippen molar-refractivity contribution in [3.05, 3.63) is 64.7 Å². The van der Waals surface area contributed by atoms with E-state index >= 15 is 0 Å². The van der Waals surface area contributed by atoms with Gasteiger partial charge in [0.05, 0.1) is 5.56 Å². The van der Waals surface area contributed by atoms with Crippen molar-refractivity contribution >= 4 is 5.84 Å². The fourth-order valence-corrected chi connectivity index (χ4v) is 2.57. The van der Waals surface area contributed by atoms with Crippen molar-refractivity contribution in [3.63, 3.8) is 0 Å². The molecule has 0 spiro atoms. The largest absolute Gasteiger partial charge is 0.485 e. The van der Waals surface area contributed by atoms with Crippen molar-refractivity contribution < 1.29 is 23.1 Å². The molecule has 1 heterocycles. The lowest BCUT2D eigenvalue weighted by Gasteiger charge is -2.12. The predicted molar refractivity (Wildman–Crippen MR) is 77.5 cm³/mol. The van der Waals surface area contributed by atoms with E-state index in [1.165, 1.54) is 6.07 Å². The second-order valence-electron chi connectivity index (χ2n) is 5.24. The fraction of sp³-hybridized carbons (Fsp3) is 0.188. The van der Waals surface area contributed by atoms with Crippen LogP contribution in [-0.4, -0.2) is 11.0 Å². The molecule has 3 N–H and O–H groups in total. The Morgan fingerprint density at radius 3 is 2.70 bits per heavy atom. The van der Waals surface area contributed by atoms with Crippen LogP contribution in [0.3, 0.4) is 0 Å². The highest BCUT2D eigenvalue weighted by Crippen LogP contribution is 2.40. The lowest BCUT2D eigenvalue weighted by molar-refractivity contribution is -0.137. The van der Waals surface area contributed by atoms with Crippen LogP contribution in [0.5, 0.6) is 5.75 Å². The zero-order valence-corrected chi connectivity index (χ0v) is 11.8. The summed E-state index contributed by atoms with van der Waals surface area (Å²) in [7, 11) is 0. The minimum atomic E-state index is -4.38. The summed E-state index contributed by atoms with van der Waals surface area (Å²) in [4.78, 5) is 0. The average molecular weight is 322 g/mol. The van der Waals surface area contributed by atoms with E-state index in [9.17, 15) is 13.2 Å². The summed E-state index contributed by atoms with van der Waals surface area (Å²) in [6.07, 6.45) is -4.45. The molecule has 0 aliphatic carbocycles. The minimum absolute atomic E-state index is 0.0401. The van der Waals surface area contributed by atoms with Crippen LogP contribution in [0.25, 0.3) is 0 Å². The molecule has 0 amide bonds. The molecule has 1 aliphatic heterocycles. The van der Waals surface area contributed by atoms with Crippen LogP contribution in [0, 0.1) is 0 Å². The van der Waals surface area contributed by atoms with Crippen LogP contribution in [-0.2, 0) is 12.6 Å². The smallest absolute Gasteiger partial charge is 0.416 e. The monoisotopic (exact) mass is 322 g/mol. The van der Waals surface area contributed by atoms with Gasteiger partial charge in [0.25, 0.3) is 0 Å². The quantitative estimate of drug-likeness (QED) is 0.385. The molecule has 0 aromatic heterocycles. The number of oxime groups is 1. The van der Waals surface area contributed by atoms with E-state index in [1.807, 2.05) is 0 Å². The van der Waals surface area contributed by atoms with Crippen LogP contribution in [0.2, 0.25) is 0 Å². The molecule has 2 aromatic carbocycles. The van der Waals surface area contributed by atoms with Gasteiger partial charge < -0.3 is 15.7 Å². The lowest BCUT2D eigenvalue weighted by Crippen LogP contribution is -2.14. The maximum atomic E-state index is 12.8. The number of alkyl halides is 3. The second-order valence-corrected chi connectivity index (χ2v) is 5.24. The van der Waals surface area contributed by atoms with Gasteiger partial charge >= 0.3 is 6.18 Å². The number of rotatable bonds is 2. The van der Waals surface area contributed by atoms with Crippen LogP contribution in [0.1, 0.15) is 28.4 Å². The molecular weight excluding hydrogens is 309 g/mol. The summed E-state index contributed by atoms with van der Waals surface area (Å²) in [5, 5.41) is 11.7. The van der Waals surface area contributed by atoms with Gasteiger partial charge in [-0.2, -0.15) is 13.2 Å². The molecule has 0 saturated heterocycles. The molecule has 2 aromatic rings. The molecule has 0 fully saturated rings. The van der Waals surface area contributed by atoms with Gasteiger partial charge in [-0.25, -0.2) is 0 Å². The van der Waals surface area contributed by atoms with Crippen LogP contribution in [0.15, 0.2) is 47.6 Å². The van der Waals surface area contributed by atoms with Gasteiger partial charge in [0.2, 0.25) is 0 Å². The molecule has 0 saturated carbocycles. The van der Waals surface area contributed by atoms with Gasteiger partial charge in [-0.05, 0) is 35.4 Å². The number of ether oxygens (including phenoxy) is 1. The third-order valence-electron chi connectivity index (χ3n) is 3.72. The number of benzene rings is 2. The first kappa shape index (κ1) is 15.2. The fourth-order valence-electron chi connectivity index (χ4n) is 2.57. The Morgan fingerprint density at radius 1 is 1.22 bits per heavy atom. The average Bonchev–Trinajstić information content (AvgIpc) is 2.96. The van der Waals surface area contributed by atoms with Gasteiger partial charge in [-0.1, -0.05) is 23.4 Å². The Kier molecular flexibility index (Phi) is 3.63. The van der Waals surface area contributed by atoms with E-state index in [0.717, 1.165) is 17.7 Å². The summed E-state index contributed by atoms with van der Waals surface area (Å²) in [6, 6.07) is 10.3. The molecule has 1 unspecified atom stereocenters. The maximum Gasteiger partial charge on any atom is 0.416 e. The summed E-state index contributed by atoms with van der Waals surface area (Å²) in [5.74, 6) is 0.402. The Morgan fingerprint density at radius 2 is 2.00 bits per heavy atom. The second kappa shape index (κ2) is 5.49. The highest BCUT2D eigenvalue weighted by Gasteiger charge is 2.33. The number of fused-ring (bicyclic) bond motifs is 1. The highest BCUT2D eigenvalue weighted by molar-refractivity contribution is 5.97. The third-order valence-corrected chi connectivity index (χ3v) is 3.72. The van der Waals surface area contributed by atoms with Crippen LogP contribution >= 0.6 is 0 Å². The van der Waals surface area contributed by atoms with Gasteiger partial charge in [0, 0.05) is 12.0 Å². The van der Waals surface area contributed by atoms with E-state index in [1.54, 1.807) is 24.3 Å². The first-order valence-corrected chi connectivity index (χ1v) is 6.83.